The van der Waals surface area contributed by atoms with Gasteiger partial charge in [-0.05, 0) is 75.0 Å². The Morgan fingerprint density at radius 3 is 2.55 bits per heavy atom. The van der Waals surface area contributed by atoms with E-state index in [1.165, 1.54) is 38.9 Å². The fourth-order valence-corrected chi connectivity index (χ4v) is 6.10. The molecule has 5 rings (SSSR count). The predicted octanol–water partition coefficient (Wildman–Crippen LogP) is 2.37. The van der Waals surface area contributed by atoms with E-state index >= 15 is 0 Å². The van der Waals surface area contributed by atoms with Crippen LogP contribution in [-0.4, -0.2) is 45.5 Å². The minimum atomic E-state index is -0.626. The summed E-state index contributed by atoms with van der Waals surface area (Å²) in [5, 5.41) is 2.38. The summed E-state index contributed by atoms with van der Waals surface area (Å²) in [5.41, 5.74) is 2.66. The van der Waals surface area contributed by atoms with Crippen LogP contribution in [0.4, 0.5) is 0 Å². The molecule has 7 nitrogen and oxygen atoms in total. The minimum Gasteiger partial charge on any atom is -0.303 e. The van der Waals surface area contributed by atoms with Crippen LogP contribution in [0.25, 0.3) is 11.0 Å². The smallest absolute Gasteiger partial charge is 0.303 e. The Hall–Kier alpha value is -2.41. The molecule has 2 aromatic rings. The van der Waals surface area contributed by atoms with Crippen LogP contribution in [-0.2, 0) is 23.1 Å². The molecule has 7 heteroatoms. The van der Waals surface area contributed by atoms with Crippen molar-refractivity contribution in [1.29, 1.82) is 0 Å². The Morgan fingerprint density at radius 1 is 1.03 bits per heavy atom. The Labute approximate surface area is 182 Å². The molecule has 1 N–H and O–H groups in total. The van der Waals surface area contributed by atoms with Crippen LogP contribution in [0.3, 0.4) is 0 Å². The SMILES string of the molecule is Cn1c(=O)n(C2CCC(=O)NC2=O)c2cccc(CCCCN3C[C@@H]4CC[C@@H](C4)C3)c21. The molecular formula is C24H32N4O3. The zero-order valence-corrected chi connectivity index (χ0v) is 18.3. The van der Waals surface area contributed by atoms with Crippen molar-refractivity contribution in [3.8, 4) is 0 Å². The van der Waals surface area contributed by atoms with Gasteiger partial charge >= 0.3 is 5.69 Å². The lowest BCUT2D eigenvalue weighted by Crippen LogP contribution is -2.44. The number of unbranched alkanes of at least 4 members (excludes halogenated alkanes) is 1. The van der Waals surface area contributed by atoms with Gasteiger partial charge in [-0.15, -0.1) is 0 Å². The van der Waals surface area contributed by atoms with Gasteiger partial charge in [0.1, 0.15) is 6.04 Å². The number of rotatable bonds is 6. The van der Waals surface area contributed by atoms with Gasteiger partial charge in [0.05, 0.1) is 11.0 Å². The molecule has 166 valence electrons. The number of fused-ring (bicyclic) bond motifs is 3. The molecule has 2 amide bonds. The topological polar surface area (TPSA) is 76.3 Å². The van der Waals surface area contributed by atoms with Crippen molar-refractivity contribution in [2.45, 2.75) is 57.4 Å². The number of carbonyl (C=O) groups is 2. The Morgan fingerprint density at radius 2 is 1.81 bits per heavy atom. The number of aryl methyl sites for hydroxylation is 2. The maximum atomic E-state index is 13.0. The molecule has 3 heterocycles. The van der Waals surface area contributed by atoms with Crippen LogP contribution in [0.5, 0.6) is 0 Å². The molecule has 2 saturated heterocycles. The second-order valence-electron chi connectivity index (χ2n) is 9.73. The van der Waals surface area contributed by atoms with E-state index in [9.17, 15) is 14.4 Å². The van der Waals surface area contributed by atoms with Gasteiger partial charge in [0, 0.05) is 26.6 Å². The summed E-state index contributed by atoms with van der Waals surface area (Å²) in [4.78, 5) is 39.6. The molecule has 0 radical (unpaired) electrons. The largest absolute Gasteiger partial charge is 0.329 e. The average Bonchev–Trinajstić information content (AvgIpc) is 3.22. The van der Waals surface area contributed by atoms with Crippen LogP contribution in [0.1, 0.15) is 56.6 Å². The second kappa shape index (κ2) is 8.26. The van der Waals surface area contributed by atoms with Gasteiger partial charge in [-0.25, -0.2) is 4.79 Å². The van der Waals surface area contributed by atoms with Crippen molar-refractivity contribution in [3.63, 3.8) is 0 Å². The van der Waals surface area contributed by atoms with E-state index in [2.05, 4.69) is 16.3 Å². The van der Waals surface area contributed by atoms with E-state index in [4.69, 9.17) is 0 Å². The number of carbonyl (C=O) groups excluding carboxylic acids is 2. The number of hydrogen-bond acceptors (Lipinski definition) is 4. The average molecular weight is 425 g/mol. The number of para-hydroxylation sites is 1. The number of imidazole rings is 1. The van der Waals surface area contributed by atoms with Gasteiger partial charge in [0.2, 0.25) is 11.8 Å². The lowest BCUT2D eigenvalue weighted by molar-refractivity contribution is -0.135. The van der Waals surface area contributed by atoms with Crippen LogP contribution in [0, 0.1) is 11.8 Å². The van der Waals surface area contributed by atoms with Crippen molar-refractivity contribution >= 4 is 22.8 Å². The molecule has 2 aliphatic heterocycles. The van der Waals surface area contributed by atoms with E-state index < -0.39 is 6.04 Å². The van der Waals surface area contributed by atoms with Crippen molar-refractivity contribution in [1.82, 2.24) is 19.4 Å². The third-order valence-electron chi connectivity index (χ3n) is 7.56. The zero-order chi connectivity index (χ0) is 21.5. The molecule has 2 bridgehead atoms. The normalized spacial score (nSPS) is 26.5. The van der Waals surface area contributed by atoms with Gasteiger partial charge in [-0.1, -0.05) is 12.1 Å². The van der Waals surface area contributed by atoms with Crippen molar-refractivity contribution in [3.05, 3.63) is 34.2 Å². The third-order valence-corrected chi connectivity index (χ3v) is 7.56. The van der Waals surface area contributed by atoms with Crippen molar-refractivity contribution in [2.24, 2.45) is 18.9 Å². The fraction of sp³-hybridized carbons (Fsp3) is 0.625. The van der Waals surface area contributed by atoms with Gasteiger partial charge < -0.3 is 4.90 Å². The van der Waals surface area contributed by atoms with Crippen molar-refractivity contribution in [2.75, 3.05) is 19.6 Å². The number of nitrogens with one attached hydrogen (secondary N) is 1. The summed E-state index contributed by atoms with van der Waals surface area (Å²) in [7, 11) is 1.78. The number of nitrogens with zero attached hydrogens (tertiary/aromatic N) is 3. The molecule has 0 spiro atoms. The van der Waals surface area contributed by atoms with Crippen LogP contribution in [0.2, 0.25) is 0 Å². The Kier molecular flexibility index (Phi) is 5.46. The van der Waals surface area contributed by atoms with E-state index in [0.29, 0.717) is 6.42 Å². The summed E-state index contributed by atoms with van der Waals surface area (Å²) in [6, 6.07) is 5.35. The number of amides is 2. The lowest BCUT2D eigenvalue weighted by Gasteiger charge is -2.31. The molecule has 1 aromatic carbocycles. The highest BCUT2D eigenvalue weighted by Crippen LogP contribution is 2.36. The maximum absolute atomic E-state index is 13.0. The summed E-state index contributed by atoms with van der Waals surface area (Å²) in [6.45, 7) is 3.71. The third kappa shape index (κ3) is 3.84. The number of aromatic nitrogens is 2. The summed E-state index contributed by atoms with van der Waals surface area (Å²) in [6.07, 6.45) is 8.08. The quantitative estimate of drug-likeness (QED) is 0.571. The highest BCUT2D eigenvalue weighted by molar-refractivity contribution is 6.00. The lowest BCUT2D eigenvalue weighted by atomic mass is 9.98. The number of benzene rings is 1. The number of hydrogen-bond donors (Lipinski definition) is 1. The summed E-state index contributed by atoms with van der Waals surface area (Å²) >= 11 is 0. The van der Waals surface area contributed by atoms with Crippen LogP contribution < -0.4 is 11.0 Å². The second-order valence-corrected chi connectivity index (χ2v) is 9.73. The molecule has 1 aliphatic carbocycles. The number of imide groups is 1. The molecule has 1 unspecified atom stereocenters. The molecule has 3 atom stereocenters. The minimum absolute atomic E-state index is 0.194. The summed E-state index contributed by atoms with van der Waals surface area (Å²) < 4.78 is 3.24. The van der Waals surface area contributed by atoms with E-state index in [1.54, 1.807) is 16.2 Å². The monoisotopic (exact) mass is 424 g/mol. The maximum Gasteiger partial charge on any atom is 0.329 e. The predicted molar refractivity (Wildman–Crippen MR) is 119 cm³/mol. The fourth-order valence-electron chi connectivity index (χ4n) is 6.10. The van der Waals surface area contributed by atoms with Crippen LogP contribution in [0.15, 0.2) is 23.0 Å². The molecule has 1 saturated carbocycles. The Bertz CT molecular complexity index is 1060. The summed E-state index contributed by atoms with van der Waals surface area (Å²) in [5.74, 6) is 1.20. The Balaban J connectivity index is 1.30. The van der Waals surface area contributed by atoms with Gasteiger partial charge in [-0.2, -0.15) is 0 Å². The highest BCUT2D eigenvalue weighted by atomic mass is 16.2. The van der Waals surface area contributed by atoms with Gasteiger partial charge in [0.15, 0.2) is 0 Å². The first-order valence-electron chi connectivity index (χ1n) is 11.8. The number of likely N-dealkylation sites (tertiary alicyclic amines) is 1. The van der Waals surface area contributed by atoms with Gasteiger partial charge in [0.25, 0.3) is 0 Å². The first kappa shape index (κ1) is 20.5. The standard InChI is InChI=1S/C24H32N4O3/c1-26-22-18(5-2-3-12-27-14-16-8-9-17(13-16)15-27)6-4-7-19(22)28(24(26)31)20-10-11-21(29)25-23(20)30/h4,6-7,16-17,20H,2-3,5,8-15H2,1H3,(H,25,29,30)/t16-,17+,20?. The molecule has 3 fully saturated rings. The highest BCUT2D eigenvalue weighted by Gasteiger charge is 2.33. The van der Waals surface area contributed by atoms with E-state index in [0.717, 1.165) is 47.7 Å². The first-order chi connectivity index (χ1) is 15.0. The van der Waals surface area contributed by atoms with E-state index in [1.807, 2.05) is 12.1 Å². The zero-order valence-electron chi connectivity index (χ0n) is 18.3. The molecular weight excluding hydrogens is 392 g/mol. The number of piperidine rings is 2. The molecule has 3 aliphatic rings. The van der Waals surface area contributed by atoms with Gasteiger partial charge in [-0.3, -0.25) is 24.0 Å². The van der Waals surface area contributed by atoms with E-state index in [-0.39, 0.29) is 23.9 Å². The first-order valence-corrected chi connectivity index (χ1v) is 11.8. The van der Waals surface area contributed by atoms with Crippen LogP contribution >= 0.6 is 0 Å². The molecule has 31 heavy (non-hydrogen) atoms. The molecule has 1 aromatic heterocycles. The van der Waals surface area contributed by atoms with Crippen molar-refractivity contribution < 1.29 is 9.59 Å².